The first-order chi connectivity index (χ1) is 9.94. The van der Waals surface area contributed by atoms with Gasteiger partial charge in [-0.1, -0.05) is 62.9 Å². The van der Waals surface area contributed by atoms with Gasteiger partial charge in [-0.25, -0.2) is 0 Å². The molecule has 1 saturated carbocycles. The molecule has 1 N–H and O–H groups in total. The smallest absolute Gasteiger partial charge is 0.00967 e. The third-order valence-corrected chi connectivity index (χ3v) is 4.90. The molecule has 0 heterocycles. The van der Waals surface area contributed by atoms with E-state index in [2.05, 4.69) is 63.3 Å². The van der Waals surface area contributed by atoms with E-state index in [4.69, 9.17) is 0 Å². The molecule has 1 aliphatic rings. The molecule has 2 rings (SSSR count). The summed E-state index contributed by atoms with van der Waals surface area (Å²) in [4.78, 5) is 0. The highest BCUT2D eigenvalue weighted by Gasteiger charge is 2.23. The van der Waals surface area contributed by atoms with Crippen molar-refractivity contribution in [2.45, 2.75) is 71.3 Å². The molecule has 0 aromatic heterocycles. The van der Waals surface area contributed by atoms with Crippen molar-refractivity contribution in [2.75, 3.05) is 6.54 Å². The van der Waals surface area contributed by atoms with Crippen molar-refractivity contribution >= 4 is 0 Å². The van der Waals surface area contributed by atoms with Crippen LogP contribution in [0.25, 0.3) is 0 Å². The molecule has 1 heteroatoms. The highest BCUT2D eigenvalue weighted by molar-refractivity contribution is 5.20. The van der Waals surface area contributed by atoms with Crippen LogP contribution < -0.4 is 5.32 Å². The minimum Gasteiger partial charge on any atom is -0.311 e. The van der Waals surface area contributed by atoms with E-state index in [1.165, 1.54) is 37.7 Å². The summed E-state index contributed by atoms with van der Waals surface area (Å²) in [6, 6.07) is 11.1. The minimum atomic E-state index is 0.202. The number of nitrogens with one attached hydrogen (secondary N) is 1. The topological polar surface area (TPSA) is 12.0 Å². The SMILES string of the molecule is CC1CCC(CC(CNC(C)(C)C)c2ccccc2)CC1. The summed E-state index contributed by atoms with van der Waals surface area (Å²) in [6.07, 6.45) is 7.07. The summed E-state index contributed by atoms with van der Waals surface area (Å²) in [6.45, 7) is 10.3. The second kappa shape index (κ2) is 7.45. The summed E-state index contributed by atoms with van der Waals surface area (Å²) in [7, 11) is 0. The molecule has 0 spiro atoms. The van der Waals surface area contributed by atoms with Gasteiger partial charge >= 0.3 is 0 Å². The second-order valence-electron chi connectivity index (χ2n) is 8.10. The lowest BCUT2D eigenvalue weighted by Crippen LogP contribution is -2.39. The van der Waals surface area contributed by atoms with Crippen LogP contribution in [0.5, 0.6) is 0 Å². The molecule has 118 valence electrons. The fourth-order valence-corrected chi connectivity index (χ4v) is 3.46. The van der Waals surface area contributed by atoms with Crippen molar-refractivity contribution in [3.8, 4) is 0 Å². The van der Waals surface area contributed by atoms with Gasteiger partial charge in [0.25, 0.3) is 0 Å². The Morgan fingerprint density at radius 3 is 2.24 bits per heavy atom. The molecule has 1 fully saturated rings. The van der Waals surface area contributed by atoms with Crippen molar-refractivity contribution in [1.82, 2.24) is 5.32 Å². The molecular weight excluding hydrogens is 254 g/mol. The third-order valence-electron chi connectivity index (χ3n) is 4.90. The quantitative estimate of drug-likeness (QED) is 0.767. The summed E-state index contributed by atoms with van der Waals surface area (Å²) in [5.41, 5.74) is 1.71. The van der Waals surface area contributed by atoms with Crippen LogP contribution in [0.3, 0.4) is 0 Å². The van der Waals surface area contributed by atoms with Crippen LogP contribution in [-0.2, 0) is 0 Å². The van der Waals surface area contributed by atoms with E-state index >= 15 is 0 Å². The van der Waals surface area contributed by atoms with Crippen LogP contribution in [0.2, 0.25) is 0 Å². The van der Waals surface area contributed by atoms with Gasteiger partial charge in [-0.3, -0.25) is 0 Å². The molecule has 1 nitrogen and oxygen atoms in total. The van der Waals surface area contributed by atoms with Crippen LogP contribution in [0.15, 0.2) is 30.3 Å². The Labute approximate surface area is 131 Å². The van der Waals surface area contributed by atoms with Gasteiger partial charge in [0.15, 0.2) is 0 Å². The second-order valence-corrected chi connectivity index (χ2v) is 8.10. The Hall–Kier alpha value is -0.820. The first-order valence-corrected chi connectivity index (χ1v) is 8.74. The molecule has 0 bridgehead atoms. The Bertz CT molecular complexity index is 396. The highest BCUT2D eigenvalue weighted by atomic mass is 14.9. The first kappa shape index (κ1) is 16.5. The zero-order valence-electron chi connectivity index (χ0n) is 14.4. The van der Waals surface area contributed by atoms with Crippen LogP contribution in [0, 0.1) is 11.8 Å². The zero-order valence-corrected chi connectivity index (χ0v) is 14.4. The van der Waals surface area contributed by atoms with Gasteiger partial charge in [0.2, 0.25) is 0 Å². The zero-order chi connectivity index (χ0) is 15.3. The number of benzene rings is 1. The summed E-state index contributed by atoms with van der Waals surface area (Å²) in [5.74, 6) is 2.53. The monoisotopic (exact) mass is 287 g/mol. The maximum atomic E-state index is 3.72. The lowest BCUT2D eigenvalue weighted by molar-refractivity contribution is 0.258. The molecule has 0 saturated heterocycles. The van der Waals surface area contributed by atoms with Gasteiger partial charge in [-0.15, -0.1) is 0 Å². The van der Waals surface area contributed by atoms with E-state index in [0.29, 0.717) is 5.92 Å². The predicted octanol–water partition coefficient (Wildman–Crippen LogP) is 5.37. The predicted molar refractivity (Wildman–Crippen MR) is 92.7 cm³/mol. The average Bonchev–Trinajstić information content (AvgIpc) is 2.45. The standard InChI is InChI=1S/C20H33N/c1-16-10-12-17(13-11-16)14-19(15-21-20(2,3)4)18-8-6-5-7-9-18/h5-9,16-17,19,21H,10-15H2,1-4H3. The Kier molecular flexibility index (Phi) is 5.87. The number of hydrogen-bond donors (Lipinski definition) is 1. The molecular formula is C20H33N. The van der Waals surface area contributed by atoms with Gasteiger partial charge < -0.3 is 5.32 Å². The Morgan fingerprint density at radius 1 is 1.05 bits per heavy atom. The normalized spacial score (nSPS) is 24.8. The first-order valence-electron chi connectivity index (χ1n) is 8.74. The van der Waals surface area contributed by atoms with Crippen molar-refractivity contribution in [3.63, 3.8) is 0 Å². The van der Waals surface area contributed by atoms with E-state index in [0.717, 1.165) is 18.4 Å². The molecule has 1 aliphatic carbocycles. The highest BCUT2D eigenvalue weighted by Crippen LogP contribution is 2.35. The fourth-order valence-electron chi connectivity index (χ4n) is 3.46. The van der Waals surface area contributed by atoms with Crippen molar-refractivity contribution < 1.29 is 0 Å². The maximum absolute atomic E-state index is 3.72. The molecule has 0 amide bonds. The van der Waals surface area contributed by atoms with Gasteiger partial charge in [-0.05, 0) is 50.5 Å². The van der Waals surface area contributed by atoms with Crippen LogP contribution in [0.1, 0.15) is 71.3 Å². The molecule has 1 aromatic carbocycles. The van der Waals surface area contributed by atoms with E-state index in [-0.39, 0.29) is 5.54 Å². The molecule has 1 unspecified atom stereocenters. The maximum Gasteiger partial charge on any atom is 0.00967 e. The lowest BCUT2D eigenvalue weighted by Gasteiger charge is -2.31. The average molecular weight is 287 g/mol. The van der Waals surface area contributed by atoms with Crippen LogP contribution >= 0.6 is 0 Å². The van der Waals surface area contributed by atoms with Gasteiger partial charge in [0.1, 0.15) is 0 Å². The summed E-state index contributed by atoms with van der Waals surface area (Å²) < 4.78 is 0. The van der Waals surface area contributed by atoms with Gasteiger partial charge in [0.05, 0.1) is 0 Å². The van der Waals surface area contributed by atoms with Crippen LogP contribution in [0.4, 0.5) is 0 Å². The lowest BCUT2D eigenvalue weighted by atomic mass is 9.77. The van der Waals surface area contributed by atoms with E-state index in [1.807, 2.05) is 0 Å². The summed E-state index contributed by atoms with van der Waals surface area (Å²) in [5, 5.41) is 3.72. The molecule has 1 aromatic rings. The van der Waals surface area contributed by atoms with Gasteiger partial charge in [-0.2, -0.15) is 0 Å². The fraction of sp³-hybridized carbons (Fsp3) is 0.700. The van der Waals surface area contributed by atoms with E-state index in [9.17, 15) is 0 Å². The van der Waals surface area contributed by atoms with Crippen molar-refractivity contribution in [2.24, 2.45) is 11.8 Å². The number of rotatable bonds is 5. The Balaban J connectivity index is 1.98. The van der Waals surface area contributed by atoms with Crippen molar-refractivity contribution in [1.29, 1.82) is 0 Å². The van der Waals surface area contributed by atoms with Crippen molar-refractivity contribution in [3.05, 3.63) is 35.9 Å². The van der Waals surface area contributed by atoms with E-state index in [1.54, 1.807) is 0 Å². The molecule has 0 radical (unpaired) electrons. The number of hydrogen-bond acceptors (Lipinski definition) is 1. The third kappa shape index (κ3) is 5.82. The molecule has 1 atom stereocenters. The van der Waals surface area contributed by atoms with Crippen LogP contribution in [-0.4, -0.2) is 12.1 Å². The molecule has 0 aliphatic heterocycles. The summed E-state index contributed by atoms with van der Waals surface area (Å²) >= 11 is 0. The van der Waals surface area contributed by atoms with Gasteiger partial charge in [0, 0.05) is 12.1 Å². The molecule has 21 heavy (non-hydrogen) atoms. The minimum absolute atomic E-state index is 0.202. The van der Waals surface area contributed by atoms with E-state index < -0.39 is 0 Å². The Morgan fingerprint density at radius 2 is 1.67 bits per heavy atom. The largest absolute Gasteiger partial charge is 0.311 e.